The van der Waals surface area contributed by atoms with Crippen LogP contribution in [-0.4, -0.2) is 105 Å². The molecule has 0 saturated carbocycles. The number of hydrogen-bond acceptors (Lipinski definition) is 7. The number of aryl methyl sites for hydroxylation is 6. The van der Waals surface area contributed by atoms with Crippen molar-refractivity contribution >= 4 is 74.2 Å². The molecule has 2 aliphatic rings. The molecule has 5 heterocycles. The molecule has 0 radical (unpaired) electrons. The third-order valence-corrected chi connectivity index (χ3v) is 13.3. The standard InChI is InChI=1S/C46H52Cl2N8O5/c1-25-18-31(19-26(2)41(25)48)61-17-9-10-32-33-11-12-36(47)40(39-28(4)50-53(8)29(39)5)43(33)56-27(3)22-55(45(58)44(32)56)37-21-30(20-34-35(46(59)60)23-52(7)42(34)37)49-38(57)24-54-15-13-51(6)14-16-54/h11-12,18-21,23,27H,9-10,13-17,22,24H2,1-8H3,(H,49,57)(H,59,60). The summed E-state index contributed by atoms with van der Waals surface area (Å²) < 4.78 is 12.0. The Morgan fingerprint density at radius 3 is 2.30 bits per heavy atom. The molecule has 13 nitrogen and oxygen atoms in total. The molecular formula is C46H52Cl2N8O5. The number of piperazine rings is 1. The van der Waals surface area contributed by atoms with Crippen LogP contribution in [0.4, 0.5) is 11.4 Å². The summed E-state index contributed by atoms with van der Waals surface area (Å²) in [4.78, 5) is 47.7. The number of aromatic nitrogens is 4. The van der Waals surface area contributed by atoms with Crippen molar-refractivity contribution in [1.82, 2.24) is 28.7 Å². The summed E-state index contributed by atoms with van der Waals surface area (Å²) in [6, 6.07) is 11.0. The molecule has 0 spiro atoms. The fourth-order valence-corrected chi connectivity index (χ4v) is 9.67. The normalized spacial score (nSPS) is 16.2. The summed E-state index contributed by atoms with van der Waals surface area (Å²) in [5.41, 5.74) is 9.26. The number of carbonyl (C=O) groups excluding carboxylic acids is 2. The van der Waals surface area contributed by atoms with Crippen molar-refractivity contribution in [2.45, 2.75) is 53.5 Å². The SMILES string of the molecule is Cc1cc(OCCCc2c3n(c4c(-c5c(C)nn(C)c5C)c(Cl)ccc24)C(C)CN(c2cc(NC(=O)CN4CCN(C)CC4)cc4c(C(=O)O)cn(C)c24)C3=O)cc(C)c1Cl. The van der Waals surface area contributed by atoms with Crippen molar-refractivity contribution in [2.75, 3.05) is 63.1 Å². The van der Waals surface area contributed by atoms with Gasteiger partial charge in [0.15, 0.2) is 0 Å². The molecule has 0 bridgehead atoms. The predicted molar refractivity (Wildman–Crippen MR) is 242 cm³/mol. The molecule has 320 valence electrons. The van der Waals surface area contributed by atoms with Crippen LogP contribution >= 0.6 is 23.2 Å². The van der Waals surface area contributed by atoms with Crippen LogP contribution < -0.4 is 15.0 Å². The van der Waals surface area contributed by atoms with Crippen LogP contribution in [0.1, 0.15) is 68.3 Å². The molecule has 1 saturated heterocycles. The van der Waals surface area contributed by atoms with Gasteiger partial charge in [-0.1, -0.05) is 29.3 Å². The summed E-state index contributed by atoms with van der Waals surface area (Å²) in [6.07, 6.45) is 2.69. The third-order valence-electron chi connectivity index (χ3n) is 12.4. The van der Waals surface area contributed by atoms with Crippen LogP contribution in [0.2, 0.25) is 10.0 Å². The Morgan fingerprint density at radius 2 is 1.64 bits per heavy atom. The average Bonchev–Trinajstić information content (AvgIpc) is 3.81. The lowest BCUT2D eigenvalue weighted by Gasteiger charge is -2.35. The number of ether oxygens (including phenoxy) is 1. The minimum absolute atomic E-state index is 0.0776. The first-order valence-electron chi connectivity index (χ1n) is 20.7. The van der Waals surface area contributed by atoms with Gasteiger partial charge in [0.25, 0.3) is 5.91 Å². The van der Waals surface area contributed by atoms with Crippen LogP contribution in [-0.2, 0) is 25.3 Å². The molecule has 1 fully saturated rings. The summed E-state index contributed by atoms with van der Waals surface area (Å²) in [7, 11) is 5.76. The molecule has 15 heteroatoms. The van der Waals surface area contributed by atoms with E-state index in [-0.39, 0.29) is 36.5 Å². The highest BCUT2D eigenvalue weighted by atomic mass is 35.5. The number of hydrogen-bond donors (Lipinski definition) is 2. The molecule has 1 atom stereocenters. The second-order valence-electron chi connectivity index (χ2n) is 16.8. The minimum Gasteiger partial charge on any atom is -0.494 e. The number of anilines is 2. The van der Waals surface area contributed by atoms with Crippen LogP contribution in [0.15, 0.2) is 42.6 Å². The molecule has 3 aromatic heterocycles. The highest BCUT2D eigenvalue weighted by Gasteiger charge is 2.38. The molecule has 2 N–H and O–H groups in total. The maximum atomic E-state index is 15.5. The van der Waals surface area contributed by atoms with Gasteiger partial charge in [-0.15, -0.1) is 0 Å². The van der Waals surface area contributed by atoms with Gasteiger partial charge in [-0.3, -0.25) is 19.2 Å². The predicted octanol–water partition coefficient (Wildman–Crippen LogP) is 8.19. The summed E-state index contributed by atoms with van der Waals surface area (Å²) in [6.45, 7) is 14.1. The van der Waals surface area contributed by atoms with E-state index < -0.39 is 5.97 Å². The fourth-order valence-electron chi connectivity index (χ4n) is 9.32. The third kappa shape index (κ3) is 7.66. The Morgan fingerprint density at radius 1 is 0.934 bits per heavy atom. The Kier molecular flexibility index (Phi) is 11.5. The number of nitrogens with zero attached hydrogens (tertiary/aromatic N) is 7. The summed E-state index contributed by atoms with van der Waals surface area (Å²) in [5, 5.41) is 20.7. The van der Waals surface area contributed by atoms with Gasteiger partial charge < -0.3 is 34.1 Å². The maximum absolute atomic E-state index is 15.5. The number of halogens is 2. The number of likely N-dealkylation sites (N-methyl/N-ethyl adjacent to an activating group) is 1. The Bertz CT molecular complexity index is 2740. The molecule has 1 unspecified atom stereocenters. The largest absolute Gasteiger partial charge is 0.494 e. The Hall–Kier alpha value is -5.34. The number of benzene rings is 3. The van der Waals surface area contributed by atoms with Crippen LogP contribution in [0.5, 0.6) is 5.75 Å². The van der Waals surface area contributed by atoms with Crippen LogP contribution in [0, 0.1) is 27.7 Å². The van der Waals surface area contributed by atoms with E-state index in [1.165, 1.54) is 0 Å². The van der Waals surface area contributed by atoms with Crippen molar-refractivity contribution in [2.24, 2.45) is 14.1 Å². The van der Waals surface area contributed by atoms with Gasteiger partial charge in [0, 0.05) is 97.4 Å². The van der Waals surface area contributed by atoms with Crippen molar-refractivity contribution < 1.29 is 24.2 Å². The summed E-state index contributed by atoms with van der Waals surface area (Å²) >= 11 is 13.6. The van der Waals surface area contributed by atoms with E-state index >= 15 is 4.79 Å². The molecule has 3 aromatic carbocycles. The molecular weight excluding hydrogens is 815 g/mol. The lowest BCUT2D eigenvalue weighted by Crippen LogP contribution is -2.47. The first-order valence-corrected chi connectivity index (χ1v) is 21.4. The van der Waals surface area contributed by atoms with Crippen molar-refractivity contribution in [3.8, 4) is 16.9 Å². The van der Waals surface area contributed by atoms with Crippen LogP contribution in [0.3, 0.4) is 0 Å². The minimum atomic E-state index is -1.10. The lowest BCUT2D eigenvalue weighted by atomic mass is 9.98. The topological polar surface area (TPSA) is 130 Å². The lowest BCUT2D eigenvalue weighted by molar-refractivity contribution is -0.117. The highest BCUT2D eigenvalue weighted by Crippen LogP contribution is 2.46. The molecule has 61 heavy (non-hydrogen) atoms. The van der Waals surface area contributed by atoms with Gasteiger partial charge in [-0.05, 0) is 102 Å². The zero-order valence-corrected chi connectivity index (χ0v) is 37.5. The zero-order valence-electron chi connectivity index (χ0n) is 35.9. The van der Waals surface area contributed by atoms with Gasteiger partial charge in [-0.2, -0.15) is 5.10 Å². The first kappa shape index (κ1) is 42.4. The van der Waals surface area contributed by atoms with Gasteiger partial charge in [-0.25, -0.2) is 4.79 Å². The Labute approximate surface area is 365 Å². The second-order valence-corrected chi connectivity index (χ2v) is 17.5. The van der Waals surface area contributed by atoms with Gasteiger partial charge in [0.05, 0.1) is 46.2 Å². The van der Waals surface area contributed by atoms with E-state index in [1.54, 1.807) is 34.8 Å². The van der Waals surface area contributed by atoms with E-state index in [4.69, 9.17) is 33.0 Å². The van der Waals surface area contributed by atoms with Gasteiger partial charge in [0.1, 0.15) is 11.4 Å². The molecule has 2 amide bonds. The van der Waals surface area contributed by atoms with Gasteiger partial charge >= 0.3 is 5.97 Å². The van der Waals surface area contributed by atoms with Crippen molar-refractivity contribution in [3.63, 3.8) is 0 Å². The number of fused-ring (bicyclic) bond motifs is 4. The number of nitrogens with one attached hydrogen (secondary N) is 1. The number of amides is 2. The Balaban J connectivity index is 1.24. The monoisotopic (exact) mass is 866 g/mol. The number of carboxylic acid groups (broad SMARTS) is 1. The average molecular weight is 868 g/mol. The molecule has 0 aliphatic carbocycles. The number of carbonyl (C=O) groups is 3. The maximum Gasteiger partial charge on any atom is 0.337 e. The molecule has 8 rings (SSSR count). The van der Waals surface area contributed by atoms with E-state index in [9.17, 15) is 14.7 Å². The zero-order chi connectivity index (χ0) is 43.6. The number of aromatic carboxylic acids is 1. The first-order chi connectivity index (χ1) is 29.0. The van der Waals surface area contributed by atoms with Gasteiger partial charge in [0.2, 0.25) is 5.91 Å². The molecule has 2 aliphatic heterocycles. The quantitative estimate of drug-likeness (QED) is 0.125. The fraction of sp³-hybridized carbons (Fsp3) is 0.391. The van der Waals surface area contributed by atoms with E-state index in [0.717, 1.165) is 87.1 Å². The highest BCUT2D eigenvalue weighted by molar-refractivity contribution is 6.35. The van der Waals surface area contributed by atoms with Crippen molar-refractivity contribution in [3.05, 3.63) is 92.0 Å². The van der Waals surface area contributed by atoms with E-state index in [1.807, 2.05) is 63.7 Å². The summed E-state index contributed by atoms with van der Waals surface area (Å²) in [5.74, 6) is -0.815. The number of carboxylic acids is 1. The van der Waals surface area contributed by atoms with Crippen LogP contribution in [0.25, 0.3) is 32.9 Å². The van der Waals surface area contributed by atoms with E-state index in [0.29, 0.717) is 52.4 Å². The smallest absolute Gasteiger partial charge is 0.337 e. The number of rotatable bonds is 11. The molecule has 6 aromatic rings. The second kappa shape index (κ2) is 16.5. The van der Waals surface area contributed by atoms with E-state index in [2.05, 4.69) is 33.7 Å². The van der Waals surface area contributed by atoms with Crippen molar-refractivity contribution in [1.29, 1.82) is 0 Å².